The van der Waals surface area contributed by atoms with E-state index in [1.54, 1.807) is 13.8 Å². The maximum Gasteiger partial charge on any atom is 0.341 e. The molecular formula is C12H10FN3O3. The summed E-state index contributed by atoms with van der Waals surface area (Å²) in [7, 11) is 0. The van der Waals surface area contributed by atoms with Gasteiger partial charge >= 0.3 is 12.0 Å². The topological polar surface area (TPSA) is 85.2 Å². The molecule has 2 rings (SSSR count). The minimum absolute atomic E-state index is 0.129. The highest BCUT2D eigenvalue weighted by Crippen LogP contribution is 2.24. The van der Waals surface area contributed by atoms with Gasteiger partial charge in [0.2, 0.25) is 0 Å². The Labute approximate surface area is 107 Å². The van der Waals surface area contributed by atoms with Crippen molar-refractivity contribution in [3.63, 3.8) is 0 Å². The van der Waals surface area contributed by atoms with E-state index in [1.807, 2.05) is 0 Å². The Bertz CT molecular complexity index is 646. The highest BCUT2D eigenvalue weighted by atomic mass is 19.1. The van der Waals surface area contributed by atoms with Crippen LogP contribution in [0.25, 0.3) is 0 Å². The summed E-state index contributed by atoms with van der Waals surface area (Å²) in [5, 5.41) is 16.4. The van der Waals surface area contributed by atoms with Crippen molar-refractivity contribution in [2.75, 3.05) is 0 Å². The predicted molar refractivity (Wildman–Crippen MR) is 62.7 cm³/mol. The second-order valence-electron chi connectivity index (χ2n) is 3.81. The molecule has 7 heteroatoms. The molecule has 19 heavy (non-hydrogen) atoms. The molecule has 0 saturated heterocycles. The zero-order valence-electron chi connectivity index (χ0n) is 10.2. The molecule has 1 aromatic carbocycles. The van der Waals surface area contributed by atoms with Gasteiger partial charge in [-0.05, 0) is 26.0 Å². The molecule has 0 saturated carbocycles. The zero-order chi connectivity index (χ0) is 14.0. The maximum atomic E-state index is 13.1. The first kappa shape index (κ1) is 12.9. The van der Waals surface area contributed by atoms with Gasteiger partial charge in [-0.2, -0.15) is 4.98 Å². The normalized spacial score (nSPS) is 10.3. The molecule has 0 fully saturated rings. The highest BCUT2D eigenvalue weighted by Gasteiger charge is 2.14. The van der Waals surface area contributed by atoms with Crippen LogP contribution in [-0.4, -0.2) is 26.3 Å². The van der Waals surface area contributed by atoms with E-state index in [4.69, 9.17) is 9.84 Å². The third kappa shape index (κ3) is 2.82. The van der Waals surface area contributed by atoms with Gasteiger partial charge in [0.05, 0.1) is 11.4 Å². The minimum atomic E-state index is -1.23. The number of carboxylic acids is 1. The summed E-state index contributed by atoms with van der Waals surface area (Å²) in [4.78, 5) is 15.0. The molecule has 1 heterocycles. The molecule has 98 valence electrons. The monoisotopic (exact) mass is 263 g/mol. The van der Waals surface area contributed by atoms with Crippen molar-refractivity contribution in [2.45, 2.75) is 13.8 Å². The van der Waals surface area contributed by atoms with Gasteiger partial charge in [0.15, 0.2) is 0 Å². The van der Waals surface area contributed by atoms with Crippen LogP contribution in [0.15, 0.2) is 18.2 Å². The molecule has 0 aliphatic heterocycles. The van der Waals surface area contributed by atoms with E-state index in [2.05, 4.69) is 15.2 Å². The summed E-state index contributed by atoms with van der Waals surface area (Å²) in [6.45, 7) is 3.44. The van der Waals surface area contributed by atoms with Gasteiger partial charge in [-0.3, -0.25) is 0 Å². The first-order valence-electron chi connectivity index (χ1n) is 5.36. The minimum Gasteiger partial charge on any atom is -0.478 e. The van der Waals surface area contributed by atoms with Crippen molar-refractivity contribution in [3.05, 3.63) is 41.0 Å². The van der Waals surface area contributed by atoms with Crippen molar-refractivity contribution in [2.24, 2.45) is 0 Å². The number of nitrogens with zero attached hydrogens (tertiary/aromatic N) is 3. The molecule has 0 unspecified atom stereocenters. The van der Waals surface area contributed by atoms with E-state index < -0.39 is 11.8 Å². The molecule has 0 spiro atoms. The largest absolute Gasteiger partial charge is 0.478 e. The molecule has 0 bridgehead atoms. The number of ether oxygens (including phenoxy) is 1. The van der Waals surface area contributed by atoms with E-state index in [0.717, 1.165) is 18.2 Å². The Morgan fingerprint density at radius 3 is 2.63 bits per heavy atom. The van der Waals surface area contributed by atoms with Crippen LogP contribution >= 0.6 is 0 Å². The molecule has 2 aromatic rings. The van der Waals surface area contributed by atoms with Crippen LogP contribution < -0.4 is 4.74 Å². The Morgan fingerprint density at radius 1 is 1.26 bits per heavy atom. The lowest BCUT2D eigenvalue weighted by molar-refractivity contribution is 0.0694. The van der Waals surface area contributed by atoms with Crippen molar-refractivity contribution >= 4 is 5.97 Å². The van der Waals surface area contributed by atoms with Crippen molar-refractivity contribution in [1.82, 2.24) is 15.2 Å². The first-order chi connectivity index (χ1) is 8.97. The molecular weight excluding hydrogens is 253 g/mol. The van der Waals surface area contributed by atoms with Crippen LogP contribution in [0.5, 0.6) is 11.8 Å². The van der Waals surface area contributed by atoms with Crippen LogP contribution in [0.4, 0.5) is 4.39 Å². The SMILES string of the molecule is Cc1nnc(Oc2cc(F)ccc2C(=O)O)nc1C. The maximum absolute atomic E-state index is 13.1. The number of aromatic nitrogens is 3. The summed E-state index contributed by atoms with van der Waals surface area (Å²) in [5.74, 6) is -2.01. The second-order valence-corrected chi connectivity index (χ2v) is 3.81. The van der Waals surface area contributed by atoms with Crippen molar-refractivity contribution < 1.29 is 19.0 Å². The van der Waals surface area contributed by atoms with Crippen molar-refractivity contribution in [1.29, 1.82) is 0 Å². The Hall–Kier alpha value is -2.57. The lowest BCUT2D eigenvalue weighted by Gasteiger charge is -2.07. The Morgan fingerprint density at radius 2 is 2.00 bits per heavy atom. The Balaban J connectivity index is 2.39. The average Bonchev–Trinajstić information content (AvgIpc) is 2.33. The highest BCUT2D eigenvalue weighted by molar-refractivity contribution is 5.90. The van der Waals surface area contributed by atoms with E-state index in [0.29, 0.717) is 11.4 Å². The van der Waals surface area contributed by atoms with Crippen LogP contribution in [0, 0.1) is 19.7 Å². The third-order valence-corrected chi connectivity index (χ3v) is 2.45. The van der Waals surface area contributed by atoms with Gasteiger partial charge in [-0.25, -0.2) is 9.18 Å². The molecule has 1 aromatic heterocycles. The van der Waals surface area contributed by atoms with E-state index >= 15 is 0 Å². The first-order valence-corrected chi connectivity index (χ1v) is 5.36. The molecule has 0 amide bonds. The quantitative estimate of drug-likeness (QED) is 0.912. The van der Waals surface area contributed by atoms with Gasteiger partial charge in [0.1, 0.15) is 17.1 Å². The average molecular weight is 263 g/mol. The van der Waals surface area contributed by atoms with Gasteiger partial charge in [0, 0.05) is 6.07 Å². The molecule has 0 atom stereocenters. The van der Waals surface area contributed by atoms with Gasteiger partial charge in [-0.1, -0.05) is 5.10 Å². The molecule has 0 aliphatic rings. The number of halogens is 1. The number of hydrogen-bond donors (Lipinski definition) is 1. The van der Waals surface area contributed by atoms with E-state index in [9.17, 15) is 9.18 Å². The summed E-state index contributed by atoms with van der Waals surface area (Å²) in [5.41, 5.74) is 1.05. The molecule has 0 radical (unpaired) electrons. The third-order valence-electron chi connectivity index (χ3n) is 2.45. The fraction of sp³-hybridized carbons (Fsp3) is 0.167. The number of hydrogen-bond acceptors (Lipinski definition) is 5. The predicted octanol–water partition coefficient (Wildman–Crippen LogP) is 2.12. The number of aryl methyl sites for hydroxylation is 2. The standard InChI is InChI=1S/C12H10FN3O3/c1-6-7(2)15-16-12(14-6)19-10-5-8(13)3-4-9(10)11(17)18/h3-5H,1-2H3,(H,17,18). The summed E-state index contributed by atoms with van der Waals surface area (Å²) in [6.07, 6.45) is 0. The molecule has 1 N–H and O–H groups in total. The number of carbonyl (C=O) groups is 1. The zero-order valence-corrected chi connectivity index (χ0v) is 10.2. The van der Waals surface area contributed by atoms with E-state index in [1.165, 1.54) is 0 Å². The van der Waals surface area contributed by atoms with Crippen LogP contribution in [0.3, 0.4) is 0 Å². The van der Waals surface area contributed by atoms with Gasteiger partial charge in [-0.15, -0.1) is 5.10 Å². The number of rotatable bonds is 3. The van der Waals surface area contributed by atoms with Crippen LogP contribution in [-0.2, 0) is 0 Å². The smallest absolute Gasteiger partial charge is 0.341 e. The fourth-order valence-corrected chi connectivity index (χ4v) is 1.34. The van der Waals surface area contributed by atoms with Gasteiger partial charge in [0.25, 0.3) is 0 Å². The number of aromatic carboxylic acids is 1. The lowest BCUT2D eigenvalue weighted by Crippen LogP contribution is -2.04. The summed E-state index contributed by atoms with van der Waals surface area (Å²) >= 11 is 0. The lowest BCUT2D eigenvalue weighted by atomic mass is 10.2. The van der Waals surface area contributed by atoms with E-state index in [-0.39, 0.29) is 17.3 Å². The fourth-order valence-electron chi connectivity index (χ4n) is 1.34. The molecule has 0 aliphatic carbocycles. The second kappa shape index (κ2) is 4.97. The molecule has 6 nitrogen and oxygen atoms in total. The summed E-state index contributed by atoms with van der Waals surface area (Å²) in [6, 6.07) is 2.98. The summed E-state index contributed by atoms with van der Waals surface area (Å²) < 4.78 is 18.3. The number of benzene rings is 1. The van der Waals surface area contributed by atoms with Crippen molar-refractivity contribution in [3.8, 4) is 11.8 Å². The van der Waals surface area contributed by atoms with Crippen LogP contribution in [0.2, 0.25) is 0 Å². The number of carboxylic acid groups (broad SMARTS) is 1. The van der Waals surface area contributed by atoms with Crippen LogP contribution in [0.1, 0.15) is 21.7 Å². The Kier molecular flexibility index (Phi) is 3.37. The van der Waals surface area contributed by atoms with Gasteiger partial charge < -0.3 is 9.84 Å².